The van der Waals surface area contributed by atoms with Crippen LogP contribution in [-0.2, 0) is 6.54 Å². The zero-order valence-corrected chi connectivity index (χ0v) is 15.6. The first-order valence-corrected chi connectivity index (χ1v) is 8.70. The number of aryl methyl sites for hydroxylation is 3. The average Bonchev–Trinajstić information content (AvgIpc) is 2.63. The molecule has 6 nitrogen and oxygen atoms in total. The molecule has 0 aliphatic carbocycles. The second kappa shape index (κ2) is 7.86. The van der Waals surface area contributed by atoms with Crippen LogP contribution in [0.2, 0.25) is 0 Å². The molecule has 0 bridgehead atoms. The molecule has 1 aromatic carbocycles. The highest BCUT2D eigenvalue weighted by Gasteiger charge is 2.08. The van der Waals surface area contributed by atoms with E-state index in [0.717, 1.165) is 22.5 Å². The van der Waals surface area contributed by atoms with E-state index in [9.17, 15) is 9.59 Å². The number of amides is 1. The van der Waals surface area contributed by atoms with Gasteiger partial charge in [-0.2, -0.15) is 0 Å². The minimum Gasteiger partial charge on any atom is -0.366 e. The summed E-state index contributed by atoms with van der Waals surface area (Å²) in [6, 6.07) is 13.0. The molecular formula is C21H22N4O2. The number of benzene rings is 1. The van der Waals surface area contributed by atoms with Crippen molar-refractivity contribution in [3.8, 4) is 0 Å². The summed E-state index contributed by atoms with van der Waals surface area (Å²) in [6.07, 6.45) is 1.51. The molecule has 0 saturated carbocycles. The zero-order valence-electron chi connectivity index (χ0n) is 15.6. The molecule has 0 aliphatic rings. The van der Waals surface area contributed by atoms with E-state index in [0.29, 0.717) is 23.5 Å². The molecule has 6 heteroatoms. The molecule has 3 rings (SSSR count). The number of rotatable bonds is 5. The molecule has 2 heterocycles. The fraction of sp³-hybridized carbons (Fsp3) is 0.190. The molecule has 138 valence electrons. The van der Waals surface area contributed by atoms with Crippen LogP contribution in [0.15, 0.2) is 53.5 Å². The third-order valence-electron chi connectivity index (χ3n) is 4.28. The first-order valence-electron chi connectivity index (χ1n) is 8.70. The summed E-state index contributed by atoms with van der Waals surface area (Å²) in [5, 5.41) is 5.96. The van der Waals surface area contributed by atoms with Gasteiger partial charge in [-0.3, -0.25) is 9.59 Å². The molecule has 2 aromatic heterocycles. The van der Waals surface area contributed by atoms with Crippen LogP contribution in [0, 0.1) is 20.8 Å². The van der Waals surface area contributed by atoms with Gasteiger partial charge in [0.15, 0.2) is 0 Å². The summed E-state index contributed by atoms with van der Waals surface area (Å²) in [7, 11) is 0. The Labute approximate surface area is 157 Å². The van der Waals surface area contributed by atoms with Gasteiger partial charge in [0.25, 0.3) is 11.5 Å². The standard InChI is InChI=1S/C21H22N4O2/c1-13-4-7-17(8-5-13)25-20(26)16-6-9-19(22-11-16)23-12-18-14(2)10-15(3)24-21(18)27/h4-11H,12H2,1-3H3,(H,22,23)(H,24,27)(H,25,26). The summed E-state index contributed by atoms with van der Waals surface area (Å²) in [4.78, 5) is 31.4. The topological polar surface area (TPSA) is 86.9 Å². The maximum atomic E-state index is 12.3. The number of pyridine rings is 2. The smallest absolute Gasteiger partial charge is 0.257 e. The normalized spacial score (nSPS) is 10.5. The molecule has 27 heavy (non-hydrogen) atoms. The van der Waals surface area contributed by atoms with Crippen molar-refractivity contribution in [2.45, 2.75) is 27.3 Å². The Morgan fingerprint density at radius 3 is 2.44 bits per heavy atom. The van der Waals surface area contributed by atoms with Crippen molar-refractivity contribution in [2.24, 2.45) is 0 Å². The molecule has 0 radical (unpaired) electrons. The molecule has 0 atom stereocenters. The van der Waals surface area contributed by atoms with Crippen LogP contribution in [0.4, 0.5) is 11.5 Å². The van der Waals surface area contributed by atoms with Crippen LogP contribution < -0.4 is 16.2 Å². The predicted molar refractivity (Wildman–Crippen MR) is 107 cm³/mol. The van der Waals surface area contributed by atoms with Gasteiger partial charge in [0.1, 0.15) is 5.82 Å². The van der Waals surface area contributed by atoms with Crippen molar-refractivity contribution in [3.05, 3.63) is 87.0 Å². The third kappa shape index (κ3) is 4.61. The van der Waals surface area contributed by atoms with Gasteiger partial charge in [-0.15, -0.1) is 0 Å². The van der Waals surface area contributed by atoms with E-state index >= 15 is 0 Å². The maximum absolute atomic E-state index is 12.3. The number of aromatic nitrogens is 2. The van der Waals surface area contributed by atoms with E-state index in [1.807, 2.05) is 51.1 Å². The summed E-state index contributed by atoms with van der Waals surface area (Å²) < 4.78 is 0. The van der Waals surface area contributed by atoms with Crippen LogP contribution in [0.1, 0.15) is 32.7 Å². The number of nitrogens with one attached hydrogen (secondary N) is 3. The first-order chi connectivity index (χ1) is 12.9. The fourth-order valence-electron chi connectivity index (χ4n) is 2.75. The van der Waals surface area contributed by atoms with Crippen LogP contribution in [0.3, 0.4) is 0 Å². The second-order valence-corrected chi connectivity index (χ2v) is 6.55. The van der Waals surface area contributed by atoms with E-state index in [1.165, 1.54) is 6.20 Å². The number of hydrogen-bond acceptors (Lipinski definition) is 4. The second-order valence-electron chi connectivity index (χ2n) is 6.55. The monoisotopic (exact) mass is 362 g/mol. The number of H-pyrrole nitrogens is 1. The van der Waals surface area contributed by atoms with Crippen molar-refractivity contribution in [2.75, 3.05) is 10.6 Å². The van der Waals surface area contributed by atoms with Gasteiger partial charge < -0.3 is 15.6 Å². The largest absolute Gasteiger partial charge is 0.366 e. The minimum absolute atomic E-state index is 0.103. The maximum Gasteiger partial charge on any atom is 0.257 e. The molecule has 3 N–H and O–H groups in total. The summed E-state index contributed by atoms with van der Waals surface area (Å²) in [6.45, 7) is 6.12. The molecular weight excluding hydrogens is 340 g/mol. The number of hydrogen-bond donors (Lipinski definition) is 3. The molecule has 0 spiro atoms. The Morgan fingerprint density at radius 2 is 1.81 bits per heavy atom. The van der Waals surface area contributed by atoms with Gasteiger partial charge in [-0.25, -0.2) is 4.98 Å². The Hall–Kier alpha value is -3.41. The van der Waals surface area contributed by atoms with Crippen molar-refractivity contribution in [1.82, 2.24) is 9.97 Å². The SMILES string of the molecule is Cc1ccc(NC(=O)c2ccc(NCc3c(C)cc(C)[nH]c3=O)nc2)cc1. The van der Waals surface area contributed by atoms with Crippen LogP contribution in [-0.4, -0.2) is 15.9 Å². The highest BCUT2D eigenvalue weighted by atomic mass is 16.1. The number of aromatic amines is 1. The Bertz CT molecular complexity index is 1010. The number of nitrogens with zero attached hydrogens (tertiary/aromatic N) is 1. The molecule has 3 aromatic rings. The van der Waals surface area contributed by atoms with Crippen molar-refractivity contribution >= 4 is 17.4 Å². The first kappa shape index (κ1) is 18.4. The molecule has 0 aliphatic heterocycles. The Morgan fingerprint density at radius 1 is 1.07 bits per heavy atom. The summed E-state index contributed by atoms with van der Waals surface area (Å²) in [5.41, 5.74) is 4.67. The van der Waals surface area contributed by atoms with Crippen LogP contribution >= 0.6 is 0 Å². The van der Waals surface area contributed by atoms with Gasteiger partial charge in [-0.05, 0) is 56.7 Å². The number of carbonyl (C=O) groups excluding carboxylic acids is 1. The highest BCUT2D eigenvalue weighted by Crippen LogP contribution is 2.12. The highest BCUT2D eigenvalue weighted by molar-refractivity contribution is 6.04. The minimum atomic E-state index is -0.219. The van der Waals surface area contributed by atoms with E-state index < -0.39 is 0 Å². The van der Waals surface area contributed by atoms with Gasteiger partial charge in [0.05, 0.1) is 5.56 Å². The average molecular weight is 362 g/mol. The lowest BCUT2D eigenvalue weighted by Gasteiger charge is -2.09. The summed E-state index contributed by atoms with van der Waals surface area (Å²) in [5.74, 6) is 0.380. The van der Waals surface area contributed by atoms with Crippen LogP contribution in [0.25, 0.3) is 0 Å². The van der Waals surface area contributed by atoms with Gasteiger partial charge in [0.2, 0.25) is 0 Å². The molecule has 1 amide bonds. The zero-order chi connectivity index (χ0) is 19.4. The lowest BCUT2D eigenvalue weighted by molar-refractivity contribution is 0.102. The lowest BCUT2D eigenvalue weighted by Crippen LogP contribution is -2.19. The Kier molecular flexibility index (Phi) is 5.35. The van der Waals surface area contributed by atoms with Gasteiger partial charge in [0, 0.05) is 29.7 Å². The Balaban J connectivity index is 1.64. The van der Waals surface area contributed by atoms with E-state index in [-0.39, 0.29) is 11.5 Å². The van der Waals surface area contributed by atoms with Gasteiger partial charge >= 0.3 is 0 Å². The predicted octanol–water partition coefficient (Wildman–Crippen LogP) is 3.56. The van der Waals surface area contributed by atoms with E-state index in [2.05, 4.69) is 20.6 Å². The van der Waals surface area contributed by atoms with Gasteiger partial charge in [-0.1, -0.05) is 17.7 Å². The third-order valence-corrected chi connectivity index (χ3v) is 4.28. The number of carbonyl (C=O) groups is 1. The summed E-state index contributed by atoms with van der Waals surface area (Å²) >= 11 is 0. The molecule has 0 fully saturated rings. The van der Waals surface area contributed by atoms with E-state index in [4.69, 9.17) is 0 Å². The number of anilines is 2. The van der Waals surface area contributed by atoms with Crippen molar-refractivity contribution in [1.29, 1.82) is 0 Å². The van der Waals surface area contributed by atoms with Crippen LogP contribution in [0.5, 0.6) is 0 Å². The molecule has 0 saturated heterocycles. The molecule has 0 unspecified atom stereocenters. The van der Waals surface area contributed by atoms with Crippen molar-refractivity contribution < 1.29 is 4.79 Å². The van der Waals surface area contributed by atoms with Crippen molar-refractivity contribution in [3.63, 3.8) is 0 Å². The quantitative estimate of drug-likeness (QED) is 0.648. The fourth-order valence-corrected chi connectivity index (χ4v) is 2.75. The van der Waals surface area contributed by atoms with E-state index in [1.54, 1.807) is 12.1 Å². The lowest BCUT2D eigenvalue weighted by atomic mass is 10.1.